The number of para-hydroxylation sites is 1. The number of H-pyrrole nitrogens is 1. The van der Waals surface area contributed by atoms with Crippen molar-refractivity contribution in [2.45, 2.75) is 5.92 Å². The summed E-state index contributed by atoms with van der Waals surface area (Å²) in [4.78, 5) is 25.1. The first-order valence-electron chi connectivity index (χ1n) is 5.92. The highest BCUT2D eigenvalue weighted by atomic mass is 32.1. The summed E-state index contributed by atoms with van der Waals surface area (Å²) in [6.07, 6.45) is 0. The van der Waals surface area contributed by atoms with Crippen molar-refractivity contribution in [2.75, 3.05) is 13.2 Å². The molecule has 0 radical (unpaired) electrons. The third-order valence-corrected chi connectivity index (χ3v) is 3.74. The van der Waals surface area contributed by atoms with E-state index in [2.05, 4.69) is 10.3 Å². The van der Waals surface area contributed by atoms with Gasteiger partial charge in [-0.2, -0.15) is 0 Å². The van der Waals surface area contributed by atoms with E-state index in [1.165, 1.54) is 5.38 Å². The van der Waals surface area contributed by atoms with Crippen LogP contribution in [0.2, 0.25) is 0 Å². The molecule has 0 saturated carbocycles. The summed E-state index contributed by atoms with van der Waals surface area (Å²) < 4.78 is 5.55. The van der Waals surface area contributed by atoms with Crippen LogP contribution in [0.15, 0.2) is 34.4 Å². The van der Waals surface area contributed by atoms with E-state index in [4.69, 9.17) is 4.74 Å². The number of nitrogens with one attached hydrogen (secondary N) is 2. The molecule has 98 valence electrons. The van der Waals surface area contributed by atoms with Crippen LogP contribution in [0.5, 0.6) is 5.75 Å². The Bertz CT molecular complexity index is 662. The summed E-state index contributed by atoms with van der Waals surface area (Å²) in [5.74, 6) is 0.777. The molecular formula is C13H12N2O3S. The highest BCUT2D eigenvalue weighted by Crippen LogP contribution is 2.32. The first-order valence-corrected chi connectivity index (χ1v) is 6.80. The number of benzene rings is 1. The van der Waals surface area contributed by atoms with Crippen molar-refractivity contribution in [1.82, 2.24) is 10.3 Å². The number of hydrogen-bond acceptors (Lipinski definition) is 4. The van der Waals surface area contributed by atoms with Gasteiger partial charge in [-0.25, -0.2) is 0 Å². The molecule has 0 bridgehead atoms. The number of thiazole rings is 1. The number of aromatic nitrogens is 1. The predicted molar refractivity (Wildman–Crippen MR) is 72.0 cm³/mol. The van der Waals surface area contributed by atoms with Crippen LogP contribution in [0.3, 0.4) is 0 Å². The Kier molecular flexibility index (Phi) is 3.08. The van der Waals surface area contributed by atoms with Crippen LogP contribution in [-0.4, -0.2) is 24.0 Å². The largest absolute Gasteiger partial charge is 0.493 e. The summed E-state index contributed by atoms with van der Waals surface area (Å²) in [7, 11) is 0. The van der Waals surface area contributed by atoms with Crippen LogP contribution in [0.25, 0.3) is 0 Å². The molecule has 0 saturated heterocycles. The molecule has 1 atom stereocenters. The lowest BCUT2D eigenvalue weighted by atomic mass is 10.0. The van der Waals surface area contributed by atoms with Crippen LogP contribution in [0, 0.1) is 0 Å². The van der Waals surface area contributed by atoms with Crippen molar-refractivity contribution in [1.29, 1.82) is 0 Å². The van der Waals surface area contributed by atoms with E-state index in [1.807, 2.05) is 24.3 Å². The third-order valence-electron chi connectivity index (χ3n) is 3.07. The number of carbonyl (C=O) groups is 1. The van der Waals surface area contributed by atoms with Gasteiger partial charge in [-0.3, -0.25) is 9.59 Å². The van der Waals surface area contributed by atoms with Gasteiger partial charge in [0.2, 0.25) is 0 Å². The Morgan fingerprint density at radius 1 is 1.47 bits per heavy atom. The first-order chi connectivity index (χ1) is 9.24. The molecule has 6 heteroatoms. The van der Waals surface area contributed by atoms with Crippen LogP contribution in [0.4, 0.5) is 0 Å². The zero-order valence-electron chi connectivity index (χ0n) is 10.0. The van der Waals surface area contributed by atoms with Crippen molar-refractivity contribution in [3.63, 3.8) is 0 Å². The van der Waals surface area contributed by atoms with Gasteiger partial charge in [0.05, 0.1) is 6.61 Å². The molecule has 0 fully saturated rings. The van der Waals surface area contributed by atoms with E-state index < -0.39 is 0 Å². The third kappa shape index (κ3) is 2.39. The highest BCUT2D eigenvalue weighted by molar-refractivity contribution is 7.07. The SMILES string of the molecule is O=C(NCC1COc2ccccc21)c1csc(=O)[nH]1. The average molecular weight is 276 g/mol. The first kappa shape index (κ1) is 12.0. The summed E-state index contributed by atoms with van der Waals surface area (Å²) >= 11 is 0.983. The van der Waals surface area contributed by atoms with E-state index >= 15 is 0 Å². The molecule has 1 aliphatic rings. The maximum atomic E-state index is 11.8. The Labute approximate surface area is 113 Å². The molecule has 1 aromatic heterocycles. The molecule has 0 spiro atoms. The van der Waals surface area contributed by atoms with Gasteiger partial charge in [0.15, 0.2) is 0 Å². The topological polar surface area (TPSA) is 71.2 Å². The predicted octanol–water partition coefficient (Wildman–Crippen LogP) is 1.34. The number of rotatable bonds is 3. The minimum atomic E-state index is -0.261. The van der Waals surface area contributed by atoms with Crippen molar-refractivity contribution in [3.05, 3.63) is 50.6 Å². The van der Waals surface area contributed by atoms with E-state index in [1.54, 1.807) is 0 Å². The highest BCUT2D eigenvalue weighted by Gasteiger charge is 2.24. The fourth-order valence-corrected chi connectivity index (χ4v) is 2.66. The second-order valence-electron chi connectivity index (χ2n) is 4.32. The lowest BCUT2D eigenvalue weighted by Crippen LogP contribution is -2.29. The second-order valence-corrected chi connectivity index (χ2v) is 5.16. The van der Waals surface area contributed by atoms with E-state index in [0.29, 0.717) is 18.8 Å². The van der Waals surface area contributed by atoms with E-state index in [9.17, 15) is 9.59 Å². The zero-order valence-corrected chi connectivity index (χ0v) is 10.8. The number of hydrogen-bond donors (Lipinski definition) is 2. The van der Waals surface area contributed by atoms with Gasteiger partial charge >= 0.3 is 4.87 Å². The molecular weight excluding hydrogens is 264 g/mol. The zero-order chi connectivity index (χ0) is 13.2. The van der Waals surface area contributed by atoms with Gasteiger partial charge in [0.25, 0.3) is 5.91 Å². The maximum absolute atomic E-state index is 11.8. The number of amides is 1. The molecule has 1 amide bonds. The maximum Gasteiger partial charge on any atom is 0.305 e. The molecule has 2 heterocycles. The van der Waals surface area contributed by atoms with E-state index in [-0.39, 0.29) is 16.7 Å². The van der Waals surface area contributed by atoms with Crippen molar-refractivity contribution in [2.24, 2.45) is 0 Å². The minimum absolute atomic E-state index is 0.158. The van der Waals surface area contributed by atoms with Gasteiger partial charge in [0.1, 0.15) is 11.4 Å². The van der Waals surface area contributed by atoms with Gasteiger partial charge in [0, 0.05) is 23.4 Å². The standard InChI is InChI=1S/C13H12N2O3S/c16-12(10-7-19-13(17)15-10)14-5-8-6-18-11-4-2-1-3-9(8)11/h1-4,7-8H,5-6H2,(H,14,16)(H,15,17). The van der Waals surface area contributed by atoms with Crippen LogP contribution in [0.1, 0.15) is 22.0 Å². The number of fused-ring (bicyclic) bond motifs is 1. The smallest absolute Gasteiger partial charge is 0.305 e. The summed E-state index contributed by atoms with van der Waals surface area (Å²) in [5.41, 5.74) is 1.42. The normalized spacial score (nSPS) is 16.7. The minimum Gasteiger partial charge on any atom is -0.493 e. The lowest BCUT2D eigenvalue weighted by Gasteiger charge is -2.09. The molecule has 1 unspecified atom stereocenters. The number of carbonyl (C=O) groups excluding carboxylic acids is 1. The fourth-order valence-electron chi connectivity index (χ4n) is 2.10. The number of aromatic amines is 1. The molecule has 2 aromatic rings. The molecule has 0 aliphatic carbocycles. The molecule has 1 aromatic carbocycles. The molecule has 3 rings (SSSR count). The van der Waals surface area contributed by atoms with Crippen molar-refractivity contribution in [3.8, 4) is 5.75 Å². The van der Waals surface area contributed by atoms with Crippen LogP contribution >= 0.6 is 11.3 Å². The van der Waals surface area contributed by atoms with Gasteiger partial charge in [-0.05, 0) is 6.07 Å². The Morgan fingerprint density at radius 3 is 3.11 bits per heavy atom. The summed E-state index contributed by atoms with van der Waals surface area (Å²) in [5, 5.41) is 4.34. The monoisotopic (exact) mass is 276 g/mol. The fraction of sp³-hybridized carbons (Fsp3) is 0.231. The van der Waals surface area contributed by atoms with Crippen LogP contribution in [-0.2, 0) is 0 Å². The average Bonchev–Trinajstić information content (AvgIpc) is 3.02. The summed E-state index contributed by atoms with van der Waals surface area (Å²) in [6, 6.07) is 7.81. The van der Waals surface area contributed by atoms with Crippen molar-refractivity contribution < 1.29 is 9.53 Å². The molecule has 5 nitrogen and oxygen atoms in total. The lowest BCUT2D eigenvalue weighted by molar-refractivity contribution is 0.0945. The molecule has 19 heavy (non-hydrogen) atoms. The second kappa shape index (κ2) is 4.89. The Hall–Kier alpha value is -2.08. The van der Waals surface area contributed by atoms with E-state index in [0.717, 1.165) is 22.6 Å². The van der Waals surface area contributed by atoms with Gasteiger partial charge in [-0.1, -0.05) is 29.5 Å². The molecule has 1 aliphatic heterocycles. The summed E-state index contributed by atoms with van der Waals surface area (Å²) in [6.45, 7) is 1.06. The Morgan fingerprint density at radius 2 is 2.32 bits per heavy atom. The van der Waals surface area contributed by atoms with Crippen LogP contribution < -0.4 is 14.9 Å². The van der Waals surface area contributed by atoms with Gasteiger partial charge in [-0.15, -0.1) is 0 Å². The van der Waals surface area contributed by atoms with Crippen molar-refractivity contribution >= 4 is 17.2 Å². The number of ether oxygens (including phenoxy) is 1. The van der Waals surface area contributed by atoms with Gasteiger partial charge < -0.3 is 15.0 Å². The Balaban J connectivity index is 1.65. The molecule has 2 N–H and O–H groups in total. The quantitative estimate of drug-likeness (QED) is 0.888.